The number of allylic oxidation sites excluding steroid dienone is 5. The van der Waals surface area contributed by atoms with E-state index in [0.717, 1.165) is 44.9 Å². The smallest absolute Gasteiger partial charge is 0.268 e. The predicted octanol–water partition coefficient (Wildman–Crippen LogP) is 21.0. The minimum Gasteiger partial charge on any atom is -0.756 e. The first-order valence-corrected chi connectivity index (χ1v) is 35.8. The van der Waals surface area contributed by atoms with Crippen molar-refractivity contribution in [3.05, 3.63) is 36.5 Å². The van der Waals surface area contributed by atoms with E-state index >= 15 is 0 Å². The Hall–Kier alpha value is -1.28. The predicted molar refractivity (Wildman–Crippen MR) is 339 cm³/mol. The van der Waals surface area contributed by atoms with E-state index in [1.807, 2.05) is 27.2 Å². The van der Waals surface area contributed by atoms with Crippen molar-refractivity contribution in [2.24, 2.45) is 0 Å². The summed E-state index contributed by atoms with van der Waals surface area (Å²) in [6.45, 7) is 4.68. The summed E-state index contributed by atoms with van der Waals surface area (Å²) >= 11 is 0. The molecule has 9 heteroatoms. The standard InChI is InChI=1S/C69H135N2O6P/c1-6-8-10-12-14-16-18-20-22-24-26-28-30-31-32-33-34-35-36-37-38-39-41-43-45-47-49-51-53-55-57-59-61-63-69(73)70-67(66-77-78(74,75)76-65-64-71(3,4)5)68(72)62-60-58-56-54-52-50-48-46-44-42-40-29-27-25-23-21-19-17-15-13-11-9-7-2/h44,46,52,54,60,62,67-68,72H,6-43,45,47-51,53,55-59,61,63-66H2,1-5H3,(H-,70,73,74,75)/b46-44+,54-52+,62-60+. The summed E-state index contributed by atoms with van der Waals surface area (Å²) in [6.07, 6.45) is 79.9. The van der Waals surface area contributed by atoms with Crippen molar-refractivity contribution >= 4 is 13.7 Å². The Morgan fingerprint density at radius 1 is 0.436 bits per heavy atom. The number of hydrogen-bond acceptors (Lipinski definition) is 6. The van der Waals surface area contributed by atoms with Gasteiger partial charge in [0.25, 0.3) is 7.82 Å². The monoisotopic (exact) mass is 1120 g/mol. The Labute approximate surface area is 487 Å². The number of unbranched alkanes of at least 4 members (excludes halogenated alkanes) is 47. The lowest BCUT2D eigenvalue weighted by atomic mass is 10.0. The molecule has 462 valence electrons. The van der Waals surface area contributed by atoms with Crippen LogP contribution in [0, 0.1) is 0 Å². The van der Waals surface area contributed by atoms with Crippen molar-refractivity contribution in [2.45, 2.75) is 360 Å². The third kappa shape index (κ3) is 62.3. The summed E-state index contributed by atoms with van der Waals surface area (Å²) in [4.78, 5) is 25.6. The highest BCUT2D eigenvalue weighted by molar-refractivity contribution is 7.45. The molecule has 0 bridgehead atoms. The Morgan fingerprint density at radius 2 is 0.718 bits per heavy atom. The lowest BCUT2D eigenvalue weighted by molar-refractivity contribution is -0.870. The number of carbonyl (C=O) groups excluding carboxylic acids is 1. The van der Waals surface area contributed by atoms with Gasteiger partial charge in [0.2, 0.25) is 5.91 Å². The van der Waals surface area contributed by atoms with Crippen LogP contribution in [0.25, 0.3) is 0 Å². The molecule has 0 aliphatic heterocycles. The molecule has 0 aliphatic carbocycles. The number of aliphatic hydroxyl groups excluding tert-OH is 1. The summed E-state index contributed by atoms with van der Waals surface area (Å²) in [7, 11) is 1.25. The van der Waals surface area contributed by atoms with Gasteiger partial charge < -0.3 is 28.8 Å². The lowest BCUT2D eigenvalue weighted by Gasteiger charge is -2.29. The number of aliphatic hydroxyl groups is 1. The highest BCUT2D eigenvalue weighted by atomic mass is 31.2. The number of phosphoric acid groups is 1. The van der Waals surface area contributed by atoms with Crippen molar-refractivity contribution in [1.82, 2.24) is 5.32 Å². The van der Waals surface area contributed by atoms with Crippen LogP contribution in [0.3, 0.4) is 0 Å². The highest BCUT2D eigenvalue weighted by Crippen LogP contribution is 2.38. The Morgan fingerprint density at radius 3 is 1.04 bits per heavy atom. The zero-order valence-corrected chi connectivity index (χ0v) is 53.8. The second kappa shape index (κ2) is 60.3. The fourth-order valence-corrected chi connectivity index (χ4v) is 11.2. The molecule has 0 spiro atoms. The van der Waals surface area contributed by atoms with Crippen LogP contribution < -0.4 is 10.2 Å². The molecule has 0 radical (unpaired) electrons. The third-order valence-electron chi connectivity index (χ3n) is 15.8. The van der Waals surface area contributed by atoms with Crippen molar-refractivity contribution in [3.63, 3.8) is 0 Å². The van der Waals surface area contributed by atoms with Gasteiger partial charge in [0, 0.05) is 6.42 Å². The topological polar surface area (TPSA) is 108 Å². The zero-order chi connectivity index (χ0) is 57.0. The number of phosphoric ester groups is 1. The molecule has 1 amide bonds. The number of rotatable bonds is 64. The van der Waals surface area contributed by atoms with E-state index in [1.54, 1.807) is 6.08 Å². The molecule has 2 N–H and O–H groups in total. The maximum atomic E-state index is 13.0. The number of carbonyl (C=O) groups is 1. The van der Waals surface area contributed by atoms with Gasteiger partial charge in [-0.25, -0.2) is 0 Å². The maximum Gasteiger partial charge on any atom is 0.268 e. The van der Waals surface area contributed by atoms with Crippen molar-refractivity contribution in [2.75, 3.05) is 40.9 Å². The second-order valence-electron chi connectivity index (χ2n) is 24.9. The first-order valence-electron chi connectivity index (χ1n) is 34.4. The van der Waals surface area contributed by atoms with Crippen LogP contribution in [-0.2, 0) is 18.4 Å². The average molecular weight is 1120 g/mol. The number of hydrogen-bond donors (Lipinski definition) is 2. The van der Waals surface area contributed by atoms with E-state index < -0.39 is 26.6 Å². The Balaban J connectivity index is 4.06. The molecule has 0 heterocycles. The summed E-state index contributed by atoms with van der Waals surface area (Å²) < 4.78 is 23.4. The van der Waals surface area contributed by atoms with Crippen molar-refractivity contribution in [3.8, 4) is 0 Å². The molecule has 3 atom stereocenters. The van der Waals surface area contributed by atoms with Gasteiger partial charge >= 0.3 is 0 Å². The molecule has 78 heavy (non-hydrogen) atoms. The summed E-state index contributed by atoms with van der Waals surface area (Å²) in [5.74, 6) is -0.204. The van der Waals surface area contributed by atoms with E-state index in [2.05, 4.69) is 43.5 Å². The van der Waals surface area contributed by atoms with Crippen LogP contribution in [-0.4, -0.2) is 68.5 Å². The molecule has 8 nitrogen and oxygen atoms in total. The molecule has 0 aliphatic rings. The molecule has 3 unspecified atom stereocenters. The van der Waals surface area contributed by atoms with Crippen LogP contribution in [0.15, 0.2) is 36.5 Å². The first-order chi connectivity index (χ1) is 38.0. The summed E-state index contributed by atoms with van der Waals surface area (Å²) in [6, 6.07) is -0.909. The molecule has 0 fully saturated rings. The maximum absolute atomic E-state index is 13.0. The van der Waals surface area contributed by atoms with Gasteiger partial charge in [-0.2, -0.15) is 0 Å². The summed E-state index contributed by atoms with van der Waals surface area (Å²) in [5.41, 5.74) is 0. The molecular weight excluding hydrogens is 984 g/mol. The van der Waals surface area contributed by atoms with E-state index in [-0.39, 0.29) is 12.5 Å². The van der Waals surface area contributed by atoms with Gasteiger partial charge in [-0.15, -0.1) is 0 Å². The highest BCUT2D eigenvalue weighted by Gasteiger charge is 2.23. The first kappa shape index (κ1) is 76.7. The summed E-state index contributed by atoms with van der Waals surface area (Å²) in [5, 5.41) is 13.9. The Bertz CT molecular complexity index is 1360. The molecule has 0 aromatic heterocycles. The average Bonchev–Trinajstić information content (AvgIpc) is 3.41. The molecule has 0 saturated carbocycles. The number of nitrogens with zero attached hydrogens (tertiary/aromatic N) is 1. The van der Waals surface area contributed by atoms with Gasteiger partial charge in [-0.05, 0) is 44.9 Å². The van der Waals surface area contributed by atoms with E-state index in [1.165, 1.54) is 283 Å². The van der Waals surface area contributed by atoms with Crippen LogP contribution in [0.2, 0.25) is 0 Å². The molecule has 0 aromatic carbocycles. The van der Waals surface area contributed by atoms with E-state index in [0.29, 0.717) is 17.4 Å². The van der Waals surface area contributed by atoms with Crippen LogP contribution in [0.4, 0.5) is 0 Å². The van der Waals surface area contributed by atoms with Gasteiger partial charge in [-0.1, -0.05) is 333 Å². The van der Waals surface area contributed by atoms with Gasteiger partial charge in [0.15, 0.2) is 0 Å². The fourth-order valence-electron chi connectivity index (χ4n) is 10.5. The zero-order valence-electron chi connectivity index (χ0n) is 52.9. The quantitative estimate of drug-likeness (QED) is 0.0272. The van der Waals surface area contributed by atoms with Crippen molar-refractivity contribution in [1.29, 1.82) is 0 Å². The van der Waals surface area contributed by atoms with Crippen molar-refractivity contribution < 1.29 is 32.9 Å². The van der Waals surface area contributed by atoms with Crippen LogP contribution in [0.5, 0.6) is 0 Å². The minimum absolute atomic E-state index is 0.00714. The Kier molecular flexibility index (Phi) is 59.3. The van der Waals surface area contributed by atoms with Crippen LogP contribution >= 0.6 is 7.82 Å². The molecular formula is C69H135N2O6P. The SMILES string of the molecule is CCCCCCCCCCCCCCC/C=C/CC/C=C/CC/C=C/C(O)C(COP(=O)([O-])OCC[N+](C)(C)C)NC(=O)CCCCCCCCCCCCCCCCCCCCCCCCCCCCCCCCCCC. The number of quaternary nitrogens is 1. The second-order valence-corrected chi connectivity index (χ2v) is 26.3. The largest absolute Gasteiger partial charge is 0.756 e. The molecule has 0 aromatic rings. The molecule has 0 rings (SSSR count). The molecule has 0 saturated heterocycles. The van der Waals surface area contributed by atoms with E-state index in [4.69, 9.17) is 9.05 Å². The minimum atomic E-state index is -4.61. The number of nitrogens with one attached hydrogen (secondary N) is 1. The lowest BCUT2D eigenvalue weighted by Crippen LogP contribution is -2.45. The van der Waals surface area contributed by atoms with E-state index in [9.17, 15) is 19.4 Å². The number of amides is 1. The van der Waals surface area contributed by atoms with Gasteiger partial charge in [-0.3, -0.25) is 9.36 Å². The van der Waals surface area contributed by atoms with Gasteiger partial charge in [0.1, 0.15) is 13.2 Å². The normalized spacial score (nSPS) is 13.9. The number of likely N-dealkylation sites (N-methyl/N-ethyl adjacent to an activating group) is 1. The van der Waals surface area contributed by atoms with Gasteiger partial charge in [0.05, 0.1) is 39.9 Å². The third-order valence-corrected chi connectivity index (χ3v) is 16.8. The fraction of sp³-hybridized carbons (Fsp3) is 0.899. The van der Waals surface area contributed by atoms with Crippen LogP contribution in [0.1, 0.15) is 348 Å².